The van der Waals surface area contributed by atoms with E-state index in [1.165, 1.54) is 18.5 Å². The molecule has 33 heavy (non-hydrogen) atoms. The van der Waals surface area contributed by atoms with E-state index in [-0.39, 0.29) is 35.0 Å². The van der Waals surface area contributed by atoms with E-state index in [0.717, 1.165) is 24.8 Å². The molecule has 0 saturated heterocycles. The van der Waals surface area contributed by atoms with Gasteiger partial charge in [-0.3, -0.25) is 4.79 Å². The van der Waals surface area contributed by atoms with Crippen LogP contribution in [0, 0.1) is 40.8 Å². The summed E-state index contributed by atoms with van der Waals surface area (Å²) in [5.74, 6) is 0.782. The summed E-state index contributed by atoms with van der Waals surface area (Å²) in [6, 6.07) is 6.25. The molecule has 2 saturated carbocycles. The number of amides is 1. The van der Waals surface area contributed by atoms with E-state index in [1.807, 2.05) is 6.07 Å². The summed E-state index contributed by atoms with van der Waals surface area (Å²) in [5.41, 5.74) is 1.23. The van der Waals surface area contributed by atoms with Crippen molar-refractivity contribution in [3.8, 4) is 11.9 Å². The minimum Gasteiger partial charge on any atom is -0.476 e. The number of aliphatic hydroxyl groups excluding tert-OH is 1. The van der Waals surface area contributed by atoms with Gasteiger partial charge in [0.25, 0.3) is 0 Å². The van der Waals surface area contributed by atoms with Crippen molar-refractivity contribution in [2.45, 2.75) is 38.3 Å². The monoisotopic (exact) mass is 449 g/mol. The normalized spacial score (nSPS) is 27.7. The number of nitrogens with zero attached hydrogens (tertiary/aromatic N) is 5. The SMILES string of the molecule is N#Cc1cnc(OCC2C[C@H](C(=O)N3N=CCC3c3ccc(F)c(CO)c3)C3CCC23)cn1. The predicted molar refractivity (Wildman–Crippen MR) is 115 cm³/mol. The molecule has 0 spiro atoms. The highest BCUT2D eigenvalue weighted by Crippen LogP contribution is 2.54. The molecule has 1 aliphatic heterocycles. The van der Waals surface area contributed by atoms with Gasteiger partial charge in [0.1, 0.15) is 11.9 Å². The number of carbonyl (C=O) groups excluding carboxylic acids is 1. The van der Waals surface area contributed by atoms with Gasteiger partial charge in [0.05, 0.1) is 31.6 Å². The molecule has 2 fully saturated rings. The Morgan fingerprint density at radius 3 is 2.82 bits per heavy atom. The first kappa shape index (κ1) is 21.5. The van der Waals surface area contributed by atoms with Gasteiger partial charge in [0.15, 0.2) is 5.69 Å². The number of fused-ring (bicyclic) bond motifs is 1. The quantitative estimate of drug-likeness (QED) is 0.726. The standard InChI is InChI=1S/C24H24FN5O3/c25-21-4-1-14(7-15(21)12-31)22-5-6-29-30(22)24(32)20-8-16(18-2-3-19(18)20)13-33-23-11-27-17(9-26)10-28-23/h1,4,6-7,10-11,16,18-20,22,31H,2-3,5,8,12-13H2/t16?,18?,19?,20-,22?/m0/s1. The molecule has 1 N–H and O–H groups in total. The second-order valence-corrected chi connectivity index (χ2v) is 8.91. The summed E-state index contributed by atoms with van der Waals surface area (Å²) in [4.78, 5) is 21.6. The fourth-order valence-electron chi connectivity index (χ4n) is 5.42. The van der Waals surface area contributed by atoms with Crippen LogP contribution in [0.1, 0.15) is 48.5 Å². The van der Waals surface area contributed by atoms with Gasteiger partial charge in [-0.1, -0.05) is 6.07 Å². The van der Waals surface area contributed by atoms with Gasteiger partial charge in [0, 0.05) is 24.1 Å². The molecular weight excluding hydrogens is 425 g/mol. The maximum Gasteiger partial charge on any atom is 0.246 e. The van der Waals surface area contributed by atoms with Gasteiger partial charge in [-0.2, -0.15) is 10.4 Å². The molecule has 1 aromatic heterocycles. The van der Waals surface area contributed by atoms with E-state index in [1.54, 1.807) is 23.4 Å². The first-order valence-corrected chi connectivity index (χ1v) is 11.2. The Kier molecular flexibility index (Phi) is 5.77. The molecule has 0 bridgehead atoms. The molecule has 5 rings (SSSR count). The largest absolute Gasteiger partial charge is 0.476 e. The van der Waals surface area contributed by atoms with Crippen LogP contribution >= 0.6 is 0 Å². The summed E-state index contributed by atoms with van der Waals surface area (Å²) < 4.78 is 19.7. The maximum atomic E-state index is 13.8. The van der Waals surface area contributed by atoms with Crippen LogP contribution in [0.15, 0.2) is 35.7 Å². The number of hydrogen-bond donors (Lipinski definition) is 1. The highest BCUT2D eigenvalue weighted by molar-refractivity contribution is 5.82. The molecule has 1 aromatic carbocycles. The van der Waals surface area contributed by atoms with Crippen molar-refractivity contribution in [3.05, 3.63) is 53.2 Å². The Morgan fingerprint density at radius 1 is 1.27 bits per heavy atom. The average molecular weight is 449 g/mol. The van der Waals surface area contributed by atoms with Gasteiger partial charge in [-0.15, -0.1) is 0 Å². The fourth-order valence-corrected chi connectivity index (χ4v) is 5.42. The minimum absolute atomic E-state index is 0.000937. The van der Waals surface area contributed by atoms with Crippen molar-refractivity contribution in [1.82, 2.24) is 15.0 Å². The average Bonchev–Trinajstić information content (AvgIpc) is 3.40. The van der Waals surface area contributed by atoms with Gasteiger partial charge >= 0.3 is 0 Å². The lowest BCUT2D eigenvalue weighted by Crippen LogP contribution is -2.38. The molecule has 5 atom stereocenters. The summed E-state index contributed by atoms with van der Waals surface area (Å²) in [7, 11) is 0. The van der Waals surface area contributed by atoms with Crippen molar-refractivity contribution < 1.29 is 19.0 Å². The number of halogens is 1. The van der Waals surface area contributed by atoms with E-state index in [2.05, 4.69) is 15.1 Å². The van der Waals surface area contributed by atoms with E-state index < -0.39 is 12.4 Å². The molecule has 8 nitrogen and oxygen atoms in total. The lowest BCUT2D eigenvalue weighted by Gasteiger charge is -2.37. The maximum absolute atomic E-state index is 13.8. The van der Waals surface area contributed by atoms with E-state index in [0.29, 0.717) is 30.7 Å². The molecule has 0 radical (unpaired) electrons. The van der Waals surface area contributed by atoms with Gasteiger partial charge in [-0.05, 0) is 54.7 Å². The smallest absolute Gasteiger partial charge is 0.246 e. The summed E-state index contributed by atoms with van der Waals surface area (Å²) >= 11 is 0. The molecule has 4 unspecified atom stereocenters. The van der Waals surface area contributed by atoms with Crippen LogP contribution in [0.5, 0.6) is 5.88 Å². The Hall–Kier alpha value is -3.38. The molecule has 1 amide bonds. The number of rotatable bonds is 6. The Balaban J connectivity index is 1.26. The van der Waals surface area contributed by atoms with Crippen molar-refractivity contribution in [2.24, 2.45) is 28.8 Å². The predicted octanol–water partition coefficient (Wildman–Crippen LogP) is 2.98. The number of nitriles is 1. The second-order valence-electron chi connectivity index (χ2n) is 8.91. The summed E-state index contributed by atoms with van der Waals surface area (Å²) in [6.07, 6.45) is 7.93. The number of carbonyl (C=O) groups is 1. The van der Waals surface area contributed by atoms with Crippen LogP contribution in [0.4, 0.5) is 4.39 Å². The van der Waals surface area contributed by atoms with Crippen LogP contribution < -0.4 is 4.74 Å². The number of hydrazone groups is 1. The number of aliphatic hydroxyl groups is 1. The number of aromatic nitrogens is 2. The Morgan fingerprint density at radius 2 is 2.12 bits per heavy atom. The molecule has 9 heteroatoms. The van der Waals surface area contributed by atoms with Crippen molar-refractivity contribution in [2.75, 3.05) is 6.61 Å². The Bertz CT molecular complexity index is 1120. The highest BCUT2D eigenvalue weighted by Gasteiger charge is 2.53. The fraction of sp³-hybridized carbons (Fsp3) is 0.458. The van der Waals surface area contributed by atoms with Crippen LogP contribution in [-0.4, -0.2) is 38.8 Å². The first-order valence-electron chi connectivity index (χ1n) is 11.2. The Labute approximate surface area is 190 Å². The molecule has 2 aliphatic carbocycles. The molecule has 2 aromatic rings. The summed E-state index contributed by atoms with van der Waals surface area (Å²) in [6.45, 7) is 0.0644. The van der Waals surface area contributed by atoms with E-state index >= 15 is 0 Å². The second kappa shape index (κ2) is 8.87. The van der Waals surface area contributed by atoms with Crippen molar-refractivity contribution >= 4 is 12.1 Å². The van der Waals surface area contributed by atoms with Crippen LogP contribution in [0.25, 0.3) is 0 Å². The minimum atomic E-state index is -0.457. The number of hydrogen-bond acceptors (Lipinski definition) is 7. The zero-order valence-electron chi connectivity index (χ0n) is 18.0. The third-order valence-electron chi connectivity index (χ3n) is 7.25. The molecule has 170 valence electrons. The van der Waals surface area contributed by atoms with Gasteiger partial charge < -0.3 is 9.84 Å². The zero-order chi connectivity index (χ0) is 22.9. The topological polar surface area (TPSA) is 112 Å². The molecule has 3 aliphatic rings. The van der Waals surface area contributed by atoms with Crippen LogP contribution in [0.2, 0.25) is 0 Å². The first-order chi connectivity index (χ1) is 16.1. The lowest BCUT2D eigenvalue weighted by atomic mass is 9.70. The summed E-state index contributed by atoms with van der Waals surface area (Å²) in [5, 5.41) is 24.1. The van der Waals surface area contributed by atoms with Gasteiger partial charge in [-0.25, -0.2) is 19.4 Å². The van der Waals surface area contributed by atoms with Crippen molar-refractivity contribution in [3.63, 3.8) is 0 Å². The third kappa shape index (κ3) is 3.95. The highest BCUT2D eigenvalue weighted by atomic mass is 19.1. The van der Waals surface area contributed by atoms with Gasteiger partial charge in [0.2, 0.25) is 11.8 Å². The molecular formula is C24H24FN5O3. The number of ether oxygens (including phenoxy) is 1. The molecule has 2 heterocycles. The lowest BCUT2D eigenvalue weighted by molar-refractivity contribution is -0.139. The van der Waals surface area contributed by atoms with E-state index in [9.17, 15) is 14.3 Å². The van der Waals surface area contributed by atoms with Crippen LogP contribution in [-0.2, 0) is 11.4 Å². The third-order valence-corrected chi connectivity index (χ3v) is 7.25. The number of benzene rings is 1. The zero-order valence-corrected chi connectivity index (χ0v) is 18.0. The van der Waals surface area contributed by atoms with E-state index in [4.69, 9.17) is 10.00 Å². The van der Waals surface area contributed by atoms with Crippen LogP contribution in [0.3, 0.4) is 0 Å². The van der Waals surface area contributed by atoms with Crippen molar-refractivity contribution in [1.29, 1.82) is 5.26 Å².